The Morgan fingerprint density at radius 1 is 0.727 bits per heavy atom. The Kier molecular flexibility index (Phi) is 6.30. The summed E-state index contributed by atoms with van der Waals surface area (Å²) in [5.41, 5.74) is 6.80. The number of thiol groups is 1. The normalized spacial score (nSPS) is 10.8. The van der Waals surface area contributed by atoms with E-state index in [1.807, 2.05) is 55.5 Å². The minimum atomic E-state index is -0.539. The minimum Gasteiger partial charge on any atom is -0.298 e. The predicted molar refractivity (Wildman–Crippen MR) is 135 cm³/mol. The van der Waals surface area contributed by atoms with Crippen molar-refractivity contribution in [3.63, 3.8) is 0 Å². The Labute approximate surface area is 197 Å². The molecule has 0 bridgehead atoms. The van der Waals surface area contributed by atoms with Gasteiger partial charge in [-0.05, 0) is 76.6 Å². The lowest BCUT2D eigenvalue weighted by atomic mass is 9.93. The topological polar surface area (TPSA) is 17.1 Å². The molecule has 4 aromatic rings. The van der Waals surface area contributed by atoms with Crippen LogP contribution >= 0.6 is 12.6 Å². The molecular weight excluding hydrogens is 434 g/mol. The van der Waals surface area contributed by atoms with Crippen LogP contribution in [0.4, 0.5) is 8.78 Å². The predicted octanol–water partition coefficient (Wildman–Crippen LogP) is 8.33. The summed E-state index contributed by atoms with van der Waals surface area (Å²) in [6.45, 7) is 7.25. The third kappa shape index (κ3) is 4.27. The standard InChI is InChI=1S/C29H22F2OS/c1-4-23-17(2)12-22(15-27(23)30)25-10-6-9-24(29(25)33)20-8-5-7-19(13-20)21-11-18(3)26(16-32)28(31)14-21/h4-16,33H,1H2,2-3H3. The van der Waals surface area contributed by atoms with E-state index >= 15 is 0 Å². The lowest BCUT2D eigenvalue weighted by Crippen LogP contribution is -1.94. The van der Waals surface area contributed by atoms with Crippen LogP contribution in [0.25, 0.3) is 39.5 Å². The first-order valence-electron chi connectivity index (χ1n) is 10.4. The van der Waals surface area contributed by atoms with Gasteiger partial charge in [-0.2, -0.15) is 0 Å². The minimum absolute atomic E-state index is 0.0743. The first-order valence-corrected chi connectivity index (χ1v) is 10.9. The summed E-state index contributed by atoms with van der Waals surface area (Å²) in [7, 11) is 0. The number of rotatable bonds is 5. The van der Waals surface area contributed by atoms with E-state index in [0.717, 1.165) is 38.3 Å². The van der Waals surface area contributed by atoms with Gasteiger partial charge in [0, 0.05) is 10.5 Å². The molecule has 0 spiro atoms. The van der Waals surface area contributed by atoms with Crippen molar-refractivity contribution >= 4 is 25.0 Å². The van der Waals surface area contributed by atoms with Gasteiger partial charge in [0.05, 0.1) is 5.56 Å². The first kappa shape index (κ1) is 22.7. The Balaban J connectivity index is 1.81. The highest BCUT2D eigenvalue weighted by molar-refractivity contribution is 7.80. The molecule has 0 aromatic heterocycles. The number of hydrogen-bond acceptors (Lipinski definition) is 2. The van der Waals surface area contributed by atoms with E-state index in [2.05, 4.69) is 6.58 Å². The SMILES string of the molecule is C=Cc1c(C)cc(-c2cccc(-c3cccc(-c4cc(C)c(C=O)c(F)c4)c3)c2S)cc1F. The maximum Gasteiger partial charge on any atom is 0.153 e. The maximum absolute atomic E-state index is 14.6. The van der Waals surface area contributed by atoms with Gasteiger partial charge in [-0.15, -0.1) is 12.6 Å². The maximum atomic E-state index is 14.6. The zero-order valence-electron chi connectivity index (χ0n) is 18.3. The van der Waals surface area contributed by atoms with E-state index in [0.29, 0.717) is 23.0 Å². The van der Waals surface area contributed by atoms with Gasteiger partial charge in [0.2, 0.25) is 0 Å². The highest BCUT2D eigenvalue weighted by atomic mass is 32.1. The fourth-order valence-corrected chi connectivity index (χ4v) is 4.52. The monoisotopic (exact) mass is 456 g/mol. The molecule has 0 fully saturated rings. The average Bonchev–Trinajstić information content (AvgIpc) is 2.79. The second-order valence-corrected chi connectivity index (χ2v) is 8.43. The fraction of sp³-hybridized carbons (Fsp3) is 0.0690. The zero-order valence-corrected chi connectivity index (χ0v) is 19.2. The van der Waals surface area contributed by atoms with Crippen LogP contribution in [-0.2, 0) is 0 Å². The molecule has 0 unspecified atom stereocenters. The summed E-state index contributed by atoms with van der Waals surface area (Å²) in [5, 5.41) is 0. The largest absolute Gasteiger partial charge is 0.298 e. The quantitative estimate of drug-likeness (QED) is 0.236. The molecule has 0 N–H and O–H groups in total. The van der Waals surface area contributed by atoms with Crippen molar-refractivity contribution in [3.05, 3.63) is 107 Å². The Hall–Kier alpha value is -3.50. The van der Waals surface area contributed by atoms with Crippen molar-refractivity contribution in [1.29, 1.82) is 0 Å². The summed E-state index contributed by atoms with van der Waals surface area (Å²) < 4.78 is 28.9. The third-order valence-electron chi connectivity index (χ3n) is 5.85. The summed E-state index contributed by atoms with van der Waals surface area (Å²) in [6, 6.07) is 20.1. The molecule has 0 amide bonds. The molecule has 0 aliphatic rings. The van der Waals surface area contributed by atoms with Gasteiger partial charge in [0.1, 0.15) is 11.6 Å². The molecule has 164 valence electrons. The Morgan fingerprint density at radius 3 is 1.91 bits per heavy atom. The zero-order chi connectivity index (χ0) is 23.7. The first-order chi connectivity index (χ1) is 15.8. The van der Waals surface area contributed by atoms with Crippen molar-refractivity contribution in [2.45, 2.75) is 18.7 Å². The van der Waals surface area contributed by atoms with E-state index in [-0.39, 0.29) is 11.4 Å². The van der Waals surface area contributed by atoms with Crippen LogP contribution < -0.4 is 0 Å². The number of hydrogen-bond donors (Lipinski definition) is 1. The van der Waals surface area contributed by atoms with Crippen LogP contribution in [0.1, 0.15) is 27.0 Å². The molecule has 4 aromatic carbocycles. The number of halogens is 2. The molecule has 33 heavy (non-hydrogen) atoms. The number of aldehydes is 1. The fourth-order valence-electron chi connectivity index (χ4n) is 4.12. The van der Waals surface area contributed by atoms with Crippen LogP contribution in [-0.4, -0.2) is 6.29 Å². The Bertz CT molecular complexity index is 1360. The average molecular weight is 457 g/mol. The van der Waals surface area contributed by atoms with Crippen molar-refractivity contribution < 1.29 is 13.6 Å². The highest BCUT2D eigenvalue weighted by Gasteiger charge is 2.14. The van der Waals surface area contributed by atoms with E-state index in [1.54, 1.807) is 13.0 Å². The second-order valence-electron chi connectivity index (χ2n) is 7.98. The lowest BCUT2D eigenvalue weighted by molar-refractivity contribution is 0.111. The van der Waals surface area contributed by atoms with Gasteiger partial charge in [-0.3, -0.25) is 4.79 Å². The van der Waals surface area contributed by atoms with Crippen molar-refractivity contribution in [1.82, 2.24) is 0 Å². The van der Waals surface area contributed by atoms with Gasteiger partial charge in [-0.25, -0.2) is 8.78 Å². The van der Waals surface area contributed by atoms with Crippen LogP contribution in [0.5, 0.6) is 0 Å². The van der Waals surface area contributed by atoms with Crippen LogP contribution in [0, 0.1) is 25.5 Å². The number of carbonyl (C=O) groups excluding carboxylic acids is 1. The molecule has 4 rings (SSSR count). The molecule has 1 nitrogen and oxygen atoms in total. The van der Waals surface area contributed by atoms with E-state index in [9.17, 15) is 13.6 Å². The smallest absolute Gasteiger partial charge is 0.153 e. The lowest BCUT2D eigenvalue weighted by Gasteiger charge is -2.14. The van der Waals surface area contributed by atoms with Gasteiger partial charge >= 0.3 is 0 Å². The van der Waals surface area contributed by atoms with E-state index in [4.69, 9.17) is 12.6 Å². The van der Waals surface area contributed by atoms with Crippen LogP contribution in [0.15, 0.2) is 78.2 Å². The summed E-state index contributed by atoms with van der Waals surface area (Å²) in [4.78, 5) is 11.8. The summed E-state index contributed by atoms with van der Waals surface area (Å²) in [5.74, 6) is -0.862. The number of carbonyl (C=O) groups is 1. The van der Waals surface area contributed by atoms with Crippen LogP contribution in [0.2, 0.25) is 0 Å². The molecule has 0 saturated heterocycles. The van der Waals surface area contributed by atoms with Gasteiger partial charge in [0.25, 0.3) is 0 Å². The molecule has 0 aliphatic heterocycles. The molecule has 0 radical (unpaired) electrons. The van der Waals surface area contributed by atoms with Crippen molar-refractivity contribution in [2.75, 3.05) is 0 Å². The molecular formula is C29H22F2OS. The summed E-state index contributed by atoms with van der Waals surface area (Å²) in [6.07, 6.45) is 2.06. The molecule has 0 heterocycles. The number of benzene rings is 4. The molecule has 0 saturated carbocycles. The molecule has 4 heteroatoms. The Morgan fingerprint density at radius 2 is 1.27 bits per heavy atom. The number of aryl methyl sites for hydroxylation is 2. The van der Waals surface area contributed by atoms with Gasteiger partial charge in [0.15, 0.2) is 6.29 Å². The van der Waals surface area contributed by atoms with Gasteiger partial charge < -0.3 is 0 Å². The van der Waals surface area contributed by atoms with Crippen LogP contribution in [0.3, 0.4) is 0 Å². The van der Waals surface area contributed by atoms with E-state index < -0.39 is 5.82 Å². The van der Waals surface area contributed by atoms with E-state index in [1.165, 1.54) is 18.2 Å². The highest BCUT2D eigenvalue weighted by Crippen LogP contribution is 2.38. The molecule has 0 aliphatic carbocycles. The molecule has 0 atom stereocenters. The van der Waals surface area contributed by atoms with Gasteiger partial charge in [-0.1, -0.05) is 61.2 Å². The summed E-state index contributed by atoms with van der Waals surface area (Å²) >= 11 is 4.79. The second kappa shape index (κ2) is 9.16. The third-order valence-corrected chi connectivity index (χ3v) is 6.33. The van der Waals surface area contributed by atoms with Crippen molar-refractivity contribution in [3.8, 4) is 33.4 Å². The van der Waals surface area contributed by atoms with Crippen molar-refractivity contribution in [2.24, 2.45) is 0 Å².